The number of sulfonamides is 1. The van der Waals surface area contributed by atoms with E-state index in [-0.39, 0.29) is 17.2 Å². The molecule has 3 rings (SSSR count). The lowest BCUT2D eigenvalue weighted by Crippen LogP contribution is -2.16. The molecule has 120 valence electrons. The fourth-order valence-electron chi connectivity index (χ4n) is 2.25. The lowest BCUT2D eigenvalue weighted by molar-refractivity contribution is 0.102. The van der Waals surface area contributed by atoms with Crippen molar-refractivity contribution in [2.75, 3.05) is 15.8 Å². The van der Waals surface area contributed by atoms with Gasteiger partial charge in [-0.25, -0.2) is 8.42 Å². The number of amides is 1. The van der Waals surface area contributed by atoms with Gasteiger partial charge in [-0.05, 0) is 49.7 Å². The Hall–Kier alpha value is -2.54. The largest absolute Gasteiger partial charge is 0.454 e. The molecule has 1 aliphatic heterocycles. The number of ether oxygens (including phenoxy) is 1. The van der Waals surface area contributed by atoms with Gasteiger partial charge in [0.1, 0.15) is 5.75 Å². The van der Waals surface area contributed by atoms with Crippen LogP contribution in [0.5, 0.6) is 11.5 Å². The molecule has 2 aromatic rings. The van der Waals surface area contributed by atoms with Crippen LogP contribution in [-0.2, 0) is 10.0 Å². The first kappa shape index (κ1) is 15.4. The number of fused-ring (bicyclic) bond motifs is 2. The summed E-state index contributed by atoms with van der Waals surface area (Å²) in [6.07, 6.45) is 0. The van der Waals surface area contributed by atoms with E-state index in [2.05, 4.69) is 10.0 Å². The highest BCUT2D eigenvalue weighted by atomic mass is 32.2. The number of carbonyl (C=O) groups excluding carboxylic acids is 1. The first-order chi connectivity index (χ1) is 10.9. The van der Waals surface area contributed by atoms with Crippen LogP contribution in [0.1, 0.15) is 22.8 Å². The highest BCUT2D eigenvalue weighted by Crippen LogP contribution is 2.37. The van der Waals surface area contributed by atoms with E-state index >= 15 is 0 Å². The number of hydrogen-bond acceptors (Lipinski definition) is 4. The summed E-state index contributed by atoms with van der Waals surface area (Å²) < 4.78 is 31.5. The second-order valence-corrected chi connectivity index (χ2v) is 7.28. The summed E-state index contributed by atoms with van der Waals surface area (Å²) >= 11 is 0. The summed E-state index contributed by atoms with van der Waals surface area (Å²) in [5.74, 6) is 0.536. The van der Waals surface area contributed by atoms with E-state index in [0.29, 0.717) is 22.9 Å². The summed E-state index contributed by atoms with van der Waals surface area (Å²) in [6, 6.07) is 10.1. The van der Waals surface area contributed by atoms with Gasteiger partial charge in [0.2, 0.25) is 10.0 Å². The minimum absolute atomic E-state index is 0.0441. The van der Waals surface area contributed by atoms with Crippen molar-refractivity contribution in [3.63, 3.8) is 0 Å². The van der Waals surface area contributed by atoms with E-state index in [4.69, 9.17) is 4.74 Å². The first-order valence-electron chi connectivity index (χ1n) is 7.12. The first-order valence-corrected chi connectivity index (χ1v) is 8.77. The van der Waals surface area contributed by atoms with Gasteiger partial charge in [0.15, 0.2) is 5.75 Å². The van der Waals surface area contributed by atoms with Crippen molar-refractivity contribution in [3.05, 3.63) is 47.5 Å². The summed E-state index contributed by atoms with van der Waals surface area (Å²) in [6.45, 7) is 3.46. The zero-order chi connectivity index (χ0) is 16.6. The van der Waals surface area contributed by atoms with Gasteiger partial charge in [-0.2, -0.15) is 0 Å². The number of carbonyl (C=O) groups is 1. The molecule has 2 N–H and O–H groups in total. The molecule has 0 saturated heterocycles. The molecule has 0 fully saturated rings. The van der Waals surface area contributed by atoms with Crippen molar-refractivity contribution in [1.82, 2.24) is 0 Å². The molecule has 1 amide bonds. The smallest absolute Gasteiger partial charge is 0.259 e. The molecule has 0 radical (unpaired) electrons. The Morgan fingerprint density at radius 2 is 1.87 bits per heavy atom. The molecule has 0 saturated carbocycles. The Morgan fingerprint density at radius 3 is 2.61 bits per heavy atom. The lowest BCUT2D eigenvalue weighted by Gasteiger charge is -2.10. The number of anilines is 2. The summed E-state index contributed by atoms with van der Waals surface area (Å²) in [5, 5.41) is 2.78. The van der Waals surface area contributed by atoms with Gasteiger partial charge in [-0.3, -0.25) is 9.52 Å². The van der Waals surface area contributed by atoms with E-state index < -0.39 is 10.0 Å². The molecular formula is C16H16N2O4S. The van der Waals surface area contributed by atoms with Crippen molar-refractivity contribution in [1.29, 1.82) is 0 Å². The van der Waals surface area contributed by atoms with Crippen molar-refractivity contribution >= 4 is 27.3 Å². The predicted octanol–water partition coefficient (Wildman–Crippen LogP) is 3.11. The number of aryl methyl sites for hydroxylation is 1. The zero-order valence-electron chi connectivity index (χ0n) is 12.7. The van der Waals surface area contributed by atoms with Crippen LogP contribution in [0, 0.1) is 6.92 Å². The molecule has 0 atom stereocenters. The van der Waals surface area contributed by atoms with Gasteiger partial charge in [0.25, 0.3) is 5.91 Å². The SMILES string of the molecule is CCS(=O)(=O)Nc1ccc2c(c1)C(=O)Nc1cc(C)ccc1O2. The Morgan fingerprint density at radius 1 is 1.13 bits per heavy atom. The van der Waals surface area contributed by atoms with E-state index in [0.717, 1.165) is 5.56 Å². The highest BCUT2D eigenvalue weighted by molar-refractivity contribution is 7.92. The molecule has 1 aliphatic rings. The second-order valence-electron chi connectivity index (χ2n) is 5.27. The van der Waals surface area contributed by atoms with E-state index in [1.165, 1.54) is 6.07 Å². The summed E-state index contributed by atoms with van der Waals surface area (Å²) in [4.78, 5) is 12.4. The average Bonchev–Trinajstić information content (AvgIpc) is 2.63. The molecule has 0 bridgehead atoms. The van der Waals surface area contributed by atoms with Crippen LogP contribution in [0.15, 0.2) is 36.4 Å². The van der Waals surface area contributed by atoms with Crippen molar-refractivity contribution in [2.24, 2.45) is 0 Å². The van der Waals surface area contributed by atoms with E-state index in [9.17, 15) is 13.2 Å². The Balaban J connectivity index is 2.00. The van der Waals surface area contributed by atoms with Crippen LogP contribution in [0.3, 0.4) is 0 Å². The minimum Gasteiger partial charge on any atom is -0.454 e. The van der Waals surface area contributed by atoms with Gasteiger partial charge in [0.05, 0.1) is 17.0 Å². The van der Waals surface area contributed by atoms with Gasteiger partial charge >= 0.3 is 0 Å². The third-order valence-corrected chi connectivity index (χ3v) is 4.79. The standard InChI is InChI=1S/C16H16N2O4S/c1-3-23(20,21)18-11-5-7-14-12(9-11)16(19)17-13-8-10(2)4-6-15(13)22-14/h4-9,18H,3H2,1-2H3,(H,17,19). The monoisotopic (exact) mass is 332 g/mol. The maximum Gasteiger partial charge on any atom is 0.259 e. The molecular weight excluding hydrogens is 316 g/mol. The molecule has 1 heterocycles. The van der Waals surface area contributed by atoms with Crippen LogP contribution in [0.25, 0.3) is 0 Å². The van der Waals surface area contributed by atoms with Crippen LogP contribution < -0.4 is 14.8 Å². The topological polar surface area (TPSA) is 84.5 Å². The maximum atomic E-state index is 12.4. The van der Waals surface area contributed by atoms with Crippen molar-refractivity contribution < 1.29 is 17.9 Å². The van der Waals surface area contributed by atoms with Crippen LogP contribution in [0.4, 0.5) is 11.4 Å². The third kappa shape index (κ3) is 3.14. The second kappa shape index (κ2) is 5.58. The van der Waals surface area contributed by atoms with E-state index in [1.54, 1.807) is 25.1 Å². The molecule has 0 aromatic heterocycles. The molecule has 2 aromatic carbocycles. The number of rotatable bonds is 3. The summed E-state index contributed by atoms with van der Waals surface area (Å²) in [7, 11) is -3.41. The normalized spacial score (nSPS) is 13.2. The van der Waals surface area contributed by atoms with Gasteiger partial charge in [-0.1, -0.05) is 6.07 Å². The van der Waals surface area contributed by atoms with Gasteiger partial charge in [-0.15, -0.1) is 0 Å². The van der Waals surface area contributed by atoms with Crippen molar-refractivity contribution in [3.8, 4) is 11.5 Å². The van der Waals surface area contributed by atoms with E-state index in [1.807, 2.05) is 19.1 Å². The molecule has 23 heavy (non-hydrogen) atoms. The number of hydrogen-bond donors (Lipinski definition) is 2. The fraction of sp³-hybridized carbons (Fsp3) is 0.188. The third-order valence-electron chi connectivity index (χ3n) is 3.48. The Labute approximate surface area is 134 Å². The van der Waals surface area contributed by atoms with Crippen LogP contribution in [0.2, 0.25) is 0 Å². The molecule has 0 aliphatic carbocycles. The Kier molecular flexibility index (Phi) is 3.73. The highest BCUT2D eigenvalue weighted by Gasteiger charge is 2.22. The fourth-order valence-corrected chi connectivity index (χ4v) is 2.88. The zero-order valence-corrected chi connectivity index (χ0v) is 13.5. The molecule has 0 unspecified atom stereocenters. The molecule has 0 spiro atoms. The average molecular weight is 332 g/mol. The summed E-state index contributed by atoms with van der Waals surface area (Å²) in [5.41, 5.74) is 2.18. The maximum absolute atomic E-state index is 12.4. The Bertz CT molecular complexity index is 891. The molecule has 7 heteroatoms. The lowest BCUT2D eigenvalue weighted by atomic mass is 10.1. The number of nitrogens with one attached hydrogen (secondary N) is 2. The van der Waals surface area contributed by atoms with Crippen LogP contribution >= 0.6 is 0 Å². The van der Waals surface area contributed by atoms with Crippen molar-refractivity contribution in [2.45, 2.75) is 13.8 Å². The quantitative estimate of drug-likeness (QED) is 0.904. The number of benzene rings is 2. The van der Waals surface area contributed by atoms with Crippen LogP contribution in [-0.4, -0.2) is 20.1 Å². The molecule has 6 nitrogen and oxygen atoms in total. The van der Waals surface area contributed by atoms with Gasteiger partial charge in [0, 0.05) is 5.69 Å². The predicted molar refractivity (Wildman–Crippen MR) is 88.7 cm³/mol. The van der Waals surface area contributed by atoms with Gasteiger partial charge < -0.3 is 10.1 Å². The minimum atomic E-state index is -3.41.